The molecule has 0 aliphatic rings. The van der Waals surface area contributed by atoms with Gasteiger partial charge >= 0.3 is 6.18 Å². The number of fused-ring (bicyclic) bond motifs is 1. The van der Waals surface area contributed by atoms with Crippen LogP contribution in [0.5, 0.6) is 5.75 Å². The third kappa shape index (κ3) is 5.19. The number of benzene rings is 3. The molecular weight excluding hydrogens is 465 g/mol. The highest BCUT2D eigenvalue weighted by molar-refractivity contribution is 6.00. The van der Waals surface area contributed by atoms with E-state index in [0.29, 0.717) is 52.8 Å². The summed E-state index contributed by atoms with van der Waals surface area (Å²) in [5, 5.41) is 6.40. The number of H-pyrrole nitrogens is 1. The fourth-order valence-corrected chi connectivity index (χ4v) is 4.00. The number of hydrogen-bond acceptors (Lipinski definition) is 3. The van der Waals surface area contributed by atoms with Crippen LogP contribution in [-0.4, -0.2) is 23.3 Å². The molecule has 0 radical (unpaired) electrons. The fraction of sp³-hybridized carbons (Fsp3) is 0.192. The Balaban J connectivity index is 1.96. The molecule has 0 aliphatic heterocycles. The Hall–Kier alpha value is -3.72. The summed E-state index contributed by atoms with van der Waals surface area (Å²) in [6, 6.07) is 14.3. The first-order valence-corrected chi connectivity index (χ1v) is 10.9. The van der Waals surface area contributed by atoms with Crippen LogP contribution in [0.2, 0.25) is 0 Å². The number of rotatable bonds is 7. The molecule has 4 nitrogen and oxygen atoms in total. The molecule has 0 atom stereocenters. The molecule has 0 unspecified atom stereocenters. The minimum atomic E-state index is -4.71. The van der Waals surface area contributed by atoms with Crippen LogP contribution in [0, 0.1) is 11.8 Å². The second-order valence-corrected chi connectivity index (χ2v) is 7.86. The first-order chi connectivity index (χ1) is 16.7. The summed E-state index contributed by atoms with van der Waals surface area (Å²) in [6.45, 7) is 2.43. The van der Waals surface area contributed by atoms with Gasteiger partial charge in [-0.15, -0.1) is 0 Å². The van der Waals surface area contributed by atoms with Gasteiger partial charge in [0, 0.05) is 6.54 Å². The number of allylic oxidation sites excluding steroid dienone is 1. The Bertz CT molecular complexity index is 1370. The van der Waals surface area contributed by atoms with E-state index in [0.717, 1.165) is 12.1 Å². The standard InChI is InChI=1S/C26H22F5N3O/c1-2-21(17-11-18(26(29,30)31)14-19(27)12-17)24(15-3-6-20(7-4-15)35-10-9-32)16-5-8-23-22(13-16)25(28)34-33-23/h3-8,11-14H,2,9-10,32H2,1H3,(H,33,34). The molecule has 9 heteroatoms. The molecule has 182 valence electrons. The third-order valence-corrected chi connectivity index (χ3v) is 5.55. The van der Waals surface area contributed by atoms with E-state index in [1.165, 1.54) is 0 Å². The number of ether oxygens (including phenoxy) is 1. The molecule has 4 aromatic rings. The summed E-state index contributed by atoms with van der Waals surface area (Å²) >= 11 is 0. The van der Waals surface area contributed by atoms with Crippen LogP contribution in [0.4, 0.5) is 22.0 Å². The van der Waals surface area contributed by atoms with E-state index in [1.807, 2.05) is 0 Å². The SMILES string of the molecule is CCC(=C(c1ccc(OCCN)cc1)c1ccc2n[nH]c(F)c2c1)c1cc(F)cc(C(F)(F)F)c1. The van der Waals surface area contributed by atoms with Crippen molar-refractivity contribution in [1.29, 1.82) is 0 Å². The predicted octanol–water partition coefficient (Wildman–Crippen LogP) is 6.57. The number of aromatic nitrogens is 2. The van der Waals surface area contributed by atoms with Crippen molar-refractivity contribution in [2.75, 3.05) is 13.2 Å². The second kappa shape index (κ2) is 9.87. The molecular formula is C26H22F5N3O. The number of nitrogens with one attached hydrogen (secondary N) is 1. The van der Waals surface area contributed by atoms with Gasteiger partial charge in [-0.1, -0.05) is 25.1 Å². The minimum absolute atomic E-state index is 0.0889. The molecule has 3 aromatic carbocycles. The lowest BCUT2D eigenvalue weighted by molar-refractivity contribution is -0.137. The van der Waals surface area contributed by atoms with Gasteiger partial charge < -0.3 is 10.5 Å². The van der Waals surface area contributed by atoms with E-state index in [-0.39, 0.29) is 17.4 Å². The van der Waals surface area contributed by atoms with Crippen molar-refractivity contribution < 1.29 is 26.7 Å². The lowest BCUT2D eigenvalue weighted by atomic mass is 9.87. The Morgan fingerprint density at radius 1 is 0.943 bits per heavy atom. The summed E-state index contributed by atoms with van der Waals surface area (Å²) in [4.78, 5) is 0. The lowest BCUT2D eigenvalue weighted by Crippen LogP contribution is -2.10. The molecule has 0 bridgehead atoms. The van der Waals surface area contributed by atoms with Gasteiger partial charge in [0.25, 0.3) is 0 Å². The van der Waals surface area contributed by atoms with Crippen LogP contribution < -0.4 is 10.5 Å². The van der Waals surface area contributed by atoms with E-state index >= 15 is 0 Å². The zero-order chi connectivity index (χ0) is 25.2. The molecule has 0 saturated heterocycles. The number of halogens is 5. The number of aromatic amines is 1. The van der Waals surface area contributed by atoms with Gasteiger partial charge in [0.2, 0.25) is 5.95 Å². The largest absolute Gasteiger partial charge is 0.492 e. The van der Waals surface area contributed by atoms with Crippen LogP contribution in [0.25, 0.3) is 22.0 Å². The molecule has 0 aliphatic carbocycles. The molecule has 4 rings (SSSR count). The van der Waals surface area contributed by atoms with Crippen LogP contribution in [0.3, 0.4) is 0 Å². The molecule has 3 N–H and O–H groups in total. The second-order valence-electron chi connectivity index (χ2n) is 7.86. The predicted molar refractivity (Wildman–Crippen MR) is 125 cm³/mol. The maximum Gasteiger partial charge on any atom is 0.416 e. The summed E-state index contributed by atoms with van der Waals surface area (Å²) in [5.74, 6) is -1.06. The van der Waals surface area contributed by atoms with Gasteiger partial charge in [-0.05, 0) is 76.7 Å². The van der Waals surface area contributed by atoms with Crippen molar-refractivity contribution in [3.8, 4) is 5.75 Å². The highest BCUT2D eigenvalue weighted by Gasteiger charge is 2.32. The number of nitrogens with zero attached hydrogens (tertiary/aromatic N) is 1. The molecule has 0 spiro atoms. The maximum absolute atomic E-state index is 14.3. The lowest BCUT2D eigenvalue weighted by Gasteiger charge is -2.18. The Morgan fingerprint density at radius 2 is 1.66 bits per heavy atom. The number of nitrogens with two attached hydrogens (primary N) is 1. The van der Waals surface area contributed by atoms with E-state index in [1.54, 1.807) is 49.4 Å². The van der Waals surface area contributed by atoms with E-state index in [2.05, 4.69) is 10.2 Å². The van der Waals surface area contributed by atoms with Crippen molar-refractivity contribution in [2.24, 2.45) is 5.73 Å². The van der Waals surface area contributed by atoms with Gasteiger partial charge in [-0.25, -0.2) is 4.39 Å². The highest BCUT2D eigenvalue weighted by atomic mass is 19.4. The summed E-state index contributed by atoms with van der Waals surface area (Å²) in [5.41, 5.74) is 7.08. The smallest absolute Gasteiger partial charge is 0.416 e. The van der Waals surface area contributed by atoms with Crippen LogP contribution in [0.1, 0.15) is 35.6 Å². The van der Waals surface area contributed by atoms with Gasteiger partial charge in [-0.2, -0.15) is 22.7 Å². The number of alkyl halides is 3. The van der Waals surface area contributed by atoms with Crippen LogP contribution in [-0.2, 0) is 6.18 Å². The zero-order valence-electron chi connectivity index (χ0n) is 18.7. The highest BCUT2D eigenvalue weighted by Crippen LogP contribution is 2.39. The van der Waals surface area contributed by atoms with Crippen molar-refractivity contribution in [1.82, 2.24) is 10.2 Å². The Morgan fingerprint density at radius 3 is 2.31 bits per heavy atom. The Kier molecular flexibility index (Phi) is 6.88. The van der Waals surface area contributed by atoms with Gasteiger partial charge in [0.15, 0.2) is 0 Å². The molecule has 35 heavy (non-hydrogen) atoms. The van der Waals surface area contributed by atoms with Crippen molar-refractivity contribution in [3.63, 3.8) is 0 Å². The van der Waals surface area contributed by atoms with Gasteiger partial charge in [0.05, 0.1) is 16.5 Å². The monoisotopic (exact) mass is 487 g/mol. The van der Waals surface area contributed by atoms with Crippen LogP contribution in [0.15, 0.2) is 60.7 Å². The third-order valence-electron chi connectivity index (χ3n) is 5.55. The summed E-state index contributed by atoms with van der Waals surface area (Å²) in [7, 11) is 0. The minimum Gasteiger partial charge on any atom is -0.492 e. The van der Waals surface area contributed by atoms with E-state index < -0.39 is 23.5 Å². The molecule has 0 saturated carbocycles. The molecule has 0 fully saturated rings. The summed E-state index contributed by atoms with van der Waals surface area (Å²) < 4.78 is 74.4. The average Bonchev–Trinajstić information content (AvgIpc) is 3.20. The van der Waals surface area contributed by atoms with E-state index in [9.17, 15) is 22.0 Å². The van der Waals surface area contributed by atoms with E-state index in [4.69, 9.17) is 10.5 Å². The quantitative estimate of drug-likeness (QED) is 0.229. The van der Waals surface area contributed by atoms with Gasteiger partial charge in [0.1, 0.15) is 18.2 Å². The number of hydrogen-bond donors (Lipinski definition) is 2. The molecule has 0 amide bonds. The van der Waals surface area contributed by atoms with Gasteiger partial charge in [-0.3, -0.25) is 5.10 Å². The normalized spacial score (nSPS) is 12.7. The zero-order valence-corrected chi connectivity index (χ0v) is 18.7. The van der Waals surface area contributed by atoms with Crippen molar-refractivity contribution >= 4 is 22.0 Å². The first-order valence-electron chi connectivity index (χ1n) is 10.9. The van der Waals surface area contributed by atoms with Crippen molar-refractivity contribution in [3.05, 3.63) is 94.7 Å². The topological polar surface area (TPSA) is 63.9 Å². The average molecular weight is 487 g/mol. The van der Waals surface area contributed by atoms with Crippen molar-refractivity contribution in [2.45, 2.75) is 19.5 Å². The summed E-state index contributed by atoms with van der Waals surface area (Å²) in [6.07, 6.45) is -4.43. The molecule has 1 aromatic heterocycles. The first kappa shape index (κ1) is 24.4. The molecule has 1 heterocycles. The maximum atomic E-state index is 14.3. The van der Waals surface area contributed by atoms with Crippen LogP contribution >= 0.6 is 0 Å². The Labute approximate surface area is 198 Å². The fourth-order valence-electron chi connectivity index (χ4n) is 4.00.